The van der Waals surface area contributed by atoms with E-state index in [-0.39, 0.29) is 5.56 Å². The molecule has 0 radical (unpaired) electrons. The maximum atomic E-state index is 12.2. The average Bonchev–Trinajstić information content (AvgIpc) is 3.20. The number of hydrogen-bond donors (Lipinski definition) is 2. The summed E-state index contributed by atoms with van der Waals surface area (Å²) in [5.41, 5.74) is 5.14. The Morgan fingerprint density at radius 2 is 1.73 bits per heavy atom. The fourth-order valence-corrected chi connectivity index (χ4v) is 3.10. The number of benzene rings is 3. The molecule has 0 saturated carbocycles. The smallest absolute Gasteiger partial charge is 0.489 e. The van der Waals surface area contributed by atoms with Gasteiger partial charge in [0.25, 0.3) is 5.91 Å². The number of hydrazone groups is 1. The lowest BCUT2D eigenvalue weighted by Crippen LogP contribution is -2.18. The Balaban J connectivity index is 1.36. The molecule has 1 amide bonds. The number of H-pyrrole nitrogens is 1. The zero-order valence-corrected chi connectivity index (χ0v) is 17.1. The molecule has 0 atom stereocenters. The molecule has 0 aliphatic rings. The summed E-state index contributed by atoms with van der Waals surface area (Å²) in [7, 11) is 0. The maximum absolute atomic E-state index is 12.2. The van der Waals surface area contributed by atoms with Crippen LogP contribution in [0, 0.1) is 0 Å². The molecule has 0 fully saturated rings. The number of alkyl halides is 3. The number of nitrogens with one attached hydrogen (secondary N) is 2. The zero-order chi connectivity index (χ0) is 23.3. The number of aromatic nitrogens is 1. The van der Waals surface area contributed by atoms with Gasteiger partial charge in [-0.05, 0) is 42.0 Å². The lowest BCUT2D eigenvalue weighted by Gasteiger charge is -2.08. The van der Waals surface area contributed by atoms with E-state index in [1.807, 2.05) is 48.5 Å². The summed E-state index contributed by atoms with van der Waals surface area (Å²) in [6, 6.07) is 20.0. The first-order valence-corrected chi connectivity index (χ1v) is 9.84. The second-order valence-corrected chi connectivity index (χ2v) is 7.00. The summed E-state index contributed by atoms with van der Waals surface area (Å²) in [5.74, 6) is -0.266. The molecule has 9 heteroatoms. The number of rotatable bonds is 7. The SMILES string of the molecule is O=C(NN=Cc1c[nH]c2cc(OCc3ccccc3)ccc12)c1ccc(OC(F)(F)F)cc1. The quantitative estimate of drug-likeness (QED) is 0.290. The van der Waals surface area contributed by atoms with Crippen LogP contribution in [0.3, 0.4) is 0 Å². The van der Waals surface area contributed by atoms with E-state index in [9.17, 15) is 18.0 Å². The van der Waals surface area contributed by atoms with Crippen LogP contribution in [0.5, 0.6) is 11.5 Å². The number of ether oxygens (including phenoxy) is 2. The van der Waals surface area contributed by atoms with Crippen LogP contribution < -0.4 is 14.9 Å². The third-order valence-electron chi connectivity index (χ3n) is 4.65. The zero-order valence-electron chi connectivity index (χ0n) is 17.1. The molecule has 33 heavy (non-hydrogen) atoms. The van der Waals surface area contributed by atoms with E-state index in [2.05, 4.69) is 20.2 Å². The van der Waals surface area contributed by atoms with E-state index >= 15 is 0 Å². The number of halogens is 3. The first-order chi connectivity index (χ1) is 15.9. The molecular formula is C24H18F3N3O3. The first kappa shape index (κ1) is 21.9. The maximum Gasteiger partial charge on any atom is 0.573 e. The van der Waals surface area contributed by atoms with Gasteiger partial charge in [0.15, 0.2) is 0 Å². The highest BCUT2D eigenvalue weighted by molar-refractivity contribution is 6.00. The van der Waals surface area contributed by atoms with Gasteiger partial charge < -0.3 is 14.5 Å². The van der Waals surface area contributed by atoms with Crippen LogP contribution >= 0.6 is 0 Å². The summed E-state index contributed by atoms with van der Waals surface area (Å²) in [4.78, 5) is 15.3. The molecule has 168 valence electrons. The number of amides is 1. The molecule has 1 heterocycles. The van der Waals surface area contributed by atoms with Crippen molar-refractivity contribution >= 4 is 23.0 Å². The third kappa shape index (κ3) is 5.91. The van der Waals surface area contributed by atoms with Gasteiger partial charge in [-0.3, -0.25) is 4.79 Å². The fraction of sp³-hybridized carbons (Fsp3) is 0.0833. The molecule has 3 aromatic carbocycles. The molecular weight excluding hydrogens is 435 g/mol. The van der Waals surface area contributed by atoms with Crippen LogP contribution in [0.2, 0.25) is 0 Å². The molecule has 4 aromatic rings. The molecule has 0 spiro atoms. The topological polar surface area (TPSA) is 75.7 Å². The van der Waals surface area contributed by atoms with E-state index in [0.717, 1.165) is 34.2 Å². The van der Waals surface area contributed by atoms with Gasteiger partial charge >= 0.3 is 6.36 Å². The highest BCUT2D eigenvalue weighted by Crippen LogP contribution is 2.24. The van der Waals surface area contributed by atoms with Crippen LogP contribution in [0.1, 0.15) is 21.5 Å². The van der Waals surface area contributed by atoms with Crippen LogP contribution in [0.15, 0.2) is 84.1 Å². The molecule has 0 unspecified atom stereocenters. The van der Waals surface area contributed by atoms with Gasteiger partial charge in [-0.15, -0.1) is 13.2 Å². The molecule has 0 saturated heterocycles. The van der Waals surface area contributed by atoms with Gasteiger partial charge in [-0.25, -0.2) is 5.43 Å². The van der Waals surface area contributed by atoms with Gasteiger partial charge in [-0.2, -0.15) is 5.10 Å². The summed E-state index contributed by atoms with van der Waals surface area (Å²) >= 11 is 0. The number of hydrogen-bond acceptors (Lipinski definition) is 4. The second-order valence-electron chi connectivity index (χ2n) is 7.00. The number of nitrogens with zero attached hydrogens (tertiary/aromatic N) is 1. The summed E-state index contributed by atoms with van der Waals surface area (Å²) in [5, 5.41) is 4.82. The minimum Gasteiger partial charge on any atom is -0.489 e. The Morgan fingerprint density at radius 1 is 1.00 bits per heavy atom. The second kappa shape index (κ2) is 9.47. The third-order valence-corrected chi connectivity index (χ3v) is 4.65. The normalized spacial score (nSPS) is 11.6. The number of fused-ring (bicyclic) bond motifs is 1. The van der Waals surface area contributed by atoms with Gasteiger partial charge in [0.1, 0.15) is 18.1 Å². The Hall–Kier alpha value is -4.27. The number of carbonyl (C=O) groups excluding carboxylic acids is 1. The largest absolute Gasteiger partial charge is 0.573 e. The van der Waals surface area contributed by atoms with Gasteiger partial charge in [0.2, 0.25) is 0 Å². The summed E-state index contributed by atoms with van der Waals surface area (Å²) in [6.45, 7) is 0.455. The van der Waals surface area contributed by atoms with Crippen LogP contribution in [0.4, 0.5) is 13.2 Å². The standard InChI is InChI=1S/C24H18F3N3O3/c25-24(26,27)33-19-8-6-17(7-9-19)23(31)30-29-14-18-13-28-22-12-20(10-11-21(18)22)32-15-16-4-2-1-3-5-16/h1-14,28H,15H2,(H,30,31). The van der Waals surface area contributed by atoms with Crippen molar-refractivity contribution in [3.8, 4) is 11.5 Å². The molecule has 6 nitrogen and oxygen atoms in total. The minimum absolute atomic E-state index is 0.140. The Bertz CT molecular complexity index is 1270. The van der Waals surface area contributed by atoms with Crippen molar-refractivity contribution in [2.24, 2.45) is 5.10 Å². The van der Waals surface area contributed by atoms with Gasteiger partial charge in [0.05, 0.1) is 6.21 Å². The van der Waals surface area contributed by atoms with Crippen molar-refractivity contribution in [2.75, 3.05) is 0 Å². The van der Waals surface area contributed by atoms with Crippen molar-refractivity contribution in [1.82, 2.24) is 10.4 Å². The van der Waals surface area contributed by atoms with Crippen molar-refractivity contribution in [3.05, 3.63) is 95.7 Å². The minimum atomic E-state index is -4.79. The lowest BCUT2D eigenvalue weighted by atomic mass is 10.2. The fourth-order valence-electron chi connectivity index (χ4n) is 3.10. The molecule has 0 bridgehead atoms. The monoisotopic (exact) mass is 453 g/mol. The van der Waals surface area contributed by atoms with Crippen LogP contribution in [-0.4, -0.2) is 23.5 Å². The van der Waals surface area contributed by atoms with Crippen molar-refractivity contribution < 1.29 is 27.4 Å². The molecule has 0 aliphatic carbocycles. The van der Waals surface area contributed by atoms with Crippen molar-refractivity contribution in [3.63, 3.8) is 0 Å². The van der Waals surface area contributed by atoms with E-state index in [0.29, 0.717) is 12.4 Å². The van der Waals surface area contributed by atoms with Gasteiger partial charge in [0, 0.05) is 34.3 Å². The van der Waals surface area contributed by atoms with E-state index in [1.54, 1.807) is 6.20 Å². The summed E-state index contributed by atoms with van der Waals surface area (Å²) in [6.07, 6.45) is -1.57. The Morgan fingerprint density at radius 3 is 2.45 bits per heavy atom. The lowest BCUT2D eigenvalue weighted by molar-refractivity contribution is -0.274. The van der Waals surface area contributed by atoms with Crippen LogP contribution in [-0.2, 0) is 6.61 Å². The van der Waals surface area contributed by atoms with E-state index in [4.69, 9.17) is 4.74 Å². The van der Waals surface area contributed by atoms with Gasteiger partial charge in [-0.1, -0.05) is 30.3 Å². The highest BCUT2D eigenvalue weighted by atomic mass is 19.4. The van der Waals surface area contributed by atoms with Crippen LogP contribution in [0.25, 0.3) is 10.9 Å². The highest BCUT2D eigenvalue weighted by Gasteiger charge is 2.31. The van der Waals surface area contributed by atoms with E-state index in [1.165, 1.54) is 18.3 Å². The predicted octanol–water partition coefficient (Wildman–Crippen LogP) is 5.41. The van der Waals surface area contributed by atoms with E-state index < -0.39 is 18.0 Å². The molecule has 2 N–H and O–H groups in total. The predicted molar refractivity (Wildman–Crippen MR) is 117 cm³/mol. The van der Waals surface area contributed by atoms with Crippen molar-refractivity contribution in [2.45, 2.75) is 13.0 Å². The molecule has 4 rings (SSSR count). The Kier molecular flexibility index (Phi) is 6.30. The molecule has 0 aliphatic heterocycles. The Labute approximate surface area is 186 Å². The molecule has 1 aromatic heterocycles. The first-order valence-electron chi connectivity index (χ1n) is 9.84. The number of aromatic amines is 1. The summed E-state index contributed by atoms with van der Waals surface area (Å²) < 4.78 is 46.2. The van der Waals surface area contributed by atoms with Crippen molar-refractivity contribution in [1.29, 1.82) is 0 Å². The number of carbonyl (C=O) groups is 1. The average molecular weight is 453 g/mol.